The first-order valence-electron chi connectivity index (χ1n) is 7.65. The third-order valence-corrected chi connectivity index (χ3v) is 4.94. The summed E-state index contributed by atoms with van der Waals surface area (Å²) in [5.41, 5.74) is -0.782. The maximum atomic E-state index is 12.7. The predicted molar refractivity (Wildman–Crippen MR) is 74.8 cm³/mol. The molecule has 4 nitrogen and oxygen atoms in total. The van der Waals surface area contributed by atoms with E-state index in [4.69, 9.17) is 0 Å². The molecule has 1 saturated heterocycles. The summed E-state index contributed by atoms with van der Waals surface area (Å²) in [6.45, 7) is 5.69. The first kappa shape index (κ1) is 15.3. The number of alkyl halides is 1. The lowest BCUT2D eigenvalue weighted by molar-refractivity contribution is -0.159. The lowest BCUT2D eigenvalue weighted by Gasteiger charge is -2.47. The van der Waals surface area contributed by atoms with Crippen LogP contribution in [0.1, 0.15) is 46.5 Å². The molecule has 1 heterocycles. The Morgan fingerprint density at radius 3 is 2.60 bits per heavy atom. The summed E-state index contributed by atoms with van der Waals surface area (Å²) < 4.78 is 12.5. The highest BCUT2D eigenvalue weighted by Gasteiger charge is 2.57. The van der Waals surface area contributed by atoms with Crippen LogP contribution in [-0.2, 0) is 9.59 Å². The molecular weight excluding hydrogens is 259 g/mol. The maximum absolute atomic E-state index is 12.7. The minimum Gasteiger partial charge on any atom is -0.342 e. The molecule has 3 unspecified atom stereocenters. The molecule has 2 fully saturated rings. The van der Waals surface area contributed by atoms with E-state index >= 15 is 0 Å². The molecule has 5 heteroatoms. The number of carbonyl (C=O) groups is 2. The topological polar surface area (TPSA) is 49.4 Å². The molecule has 1 N–H and O–H groups in total. The maximum Gasteiger partial charge on any atom is 0.246 e. The van der Waals surface area contributed by atoms with Gasteiger partial charge in [-0.2, -0.15) is 0 Å². The van der Waals surface area contributed by atoms with Crippen LogP contribution in [0, 0.1) is 11.8 Å². The number of amides is 2. The van der Waals surface area contributed by atoms with Crippen molar-refractivity contribution in [1.82, 2.24) is 10.2 Å². The van der Waals surface area contributed by atoms with Gasteiger partial charge in [0.05, 0.1) is 6.67 Å². The Balaban J connectivity index is 2.26. The molecule has 1 aliphatic heterocycles. The molecule has 1 saturated carbocycles. The molecule has 0 aromatic carbocycles. The van der Waals surface area contributed by atoms with Crippen molar-refractivity contribution in [2.45, 2.75) is 58.0 Å². The lowest BCUT2D eigenvalue weighted by atomic mass is 9.85. The second kappa shape index (κ2) is 5.70. The Morgan fingerprint density at radius 1 is 1.45 bits per heavy atom. The molecule has 3 atom stereocenters. The van der Waals surface area contributed by atoms with Crippen LogP contribution in [0.5, 0.6) is 0 Å². The van der Waals surface area contributed by atoms with Crippen molar-refractivity contribution in [2.75, 3.05) is 13.2 Å². The van der Waals surface area contributed by atoms with Gasteiger partial charge in [-0.25, -0.2) is 0 Å². The molecule has 20 heavy (non-hydrogen) atoms. The number of nitrogens with one attached hydrogen (secondary N) is 1. The van der Waals surface area contributed by atoms with Gasteiger partial charge in [0.15, 0.2) is 0 Å². The number of rotatable bonds is 6. The molecule has 2 rings (SSSR count). The van der Waals surface area contributed by atoms with Crippen molar-refractivity contribution in [3.05, 3.63) is 0 Å². The molecule has 2 amide bonds. The van der Waals surface area contributed by atoms with E-state index in [-0.39, 0.29) is 23.7 Å². The van der Waals surface area contributed by atoms with E-state index in [9.17, 15) is 14.0 Å². The van der Waals surface area contributed by atoms with Gasteiger partial charge in [-0.05, 0) is 38.0 Å². The van der Waals surface area contributed by atoms with Crippen LogP contribution < -0.4 is 5.32 Å². The van der Waals surface area contributed by atoms with Crippen molar-refractivity contribution >= 4 is 11.8 Å². The highest BCUT2D eigenvalue weighted by molar-refractivity contribution is 6.00. The van der Waals surface area contributed by atoms with Crippen LogP contribution in [0.4, 0.5) is 4.39 Å². The summed E-state index contributed by atoms with van der Waals surface area (Å²) in [5, 5.41) is 2.91. The van der Waals surface area contributed by atoms with Crippen molar-refractivity contribution in [3.63, 3.8) is 0 Å². The van der Waals surface area contributed by atoms with Gasteiger partial charge in [0.2, 0.25) is 11.8 Å². The van der Waals surface area contributed by atoms with E-state index in [1.165, 1.54) is 0 Å². The number of halogens is 1. The van der Waals surface area contributed by atoms with Gasteiger partial charge in [-0.3, -0.25) is 14.0 Å². The standard InChI is InChI=1S/C15H25FN2O2/c1-4-10(2)12-13(19)18(9-5-8-16)15(3,11-6-7-11)14(20)17-12/h10-12H,4-9H2,1-3H3,(H,17,20). The van der Waals surface area contributed by atoms with Crippen LogP contribution in [-0.4, -0.2) is 41.5 Å². The third-order valence-electron chi connectivity index (χ3n) is 4.94. The molecule has 114 valence electrons. The fourth-order valence-electron chi connectivity index (χ4n) is 3.10. The van der Waals surface area contributed by atoms with E-state index in [1.54, 1.807) is 4.90 Å². The van der Waals surface area contributed by atoms with Crippen molar-refractivity contribution in [3.8, 4) is 0 Å². The summed E-state index contributed by atoms with van der Waals surface area (Å²) in [6.07, 6.45) is 3.07. The second-order valence-corrected chi connectivity index (χ2v) is 6.29. The first-order valence-corrected chi connectivity index (χ1v) is 7.65. The summed E-state index contributed by atoms with van der Waals surface area (Å²) in [7, 11) is 0. The highest BCUT2D eigenvalue weighted by Crippen LogP contribution is 2.45. The first-order chi connectivity index (χ1) is 9.46. The van der Waals surface area contributed by atoms with Gasteiger partial charge < -0.3 is 10.2 Å². The number of hydrogen-bond donors (Lipinski definition) is 1. The van der Waals surface area contributed by atoms with Crippen LogP contribution in [0.25, 0.3) is 0 Å². The molecular formula is C15H25FN2O2. The van der Waals surface area contributed by atoms with Crippen LogP contribution >= 0.6 is 0 Å². The normalized spacial score (nSPS) is 32.2. The fraction of sp³-hybridized carbons (Fsp3) is 0.867. The SMILES string of the molecule is CCC(C)C1NC(=O)C(C)(C2CC2)N(CCCF)C1=O. The zero-order valence-electron chi connectivity index (χ0n) is 12.6. The molecule has 1 aliphatic carbocycles. The van der Waals surface area contributed by atoms with Gasteiger partial charge in [0.25, 0.3) is 0 Å². The van der Waals surface area contributed by atoms with Gasteiger partial charge >= 0.3 is 0 Å². The third kappa shape index (κ3) is 2.42. The monoisotopic (exact) mass is 284 g/mol. The average molecular weight is 284 g/mol. The number of nitrogens with zero attached hydrogens (tertiary/aromatic N) is 1. The smallest absolute Gasteiger partial charge is 0.246 e. The Bertz CT molecular complexity index is 397. The summed E-state index contributed by atoms with van der Waals surface area (Å²) in [4.78, 5) is 26.9. The Labute approximate surface area is 120 Å². The average Bonchev–Trinajstić information content (AvgIpc) is 3.26. The van der Waals surface area contributed by atoms with Gasteiger partial charge in [-0.1, -0.05) is 20.3 Å². The molecule has 0 bridgehead atoms. The lowest BCUT2D eigenvalue weighted by Crippen LogP contribution is -2.71. The molecule has 0 radical (unpaired) electrons. The summed E-state index contributed by atoms with van der Waals surface area (Å²) >= 11 is 0. The minimum atomic E-state index is -0.782. The molecule has 2 aliphatic rings. The number of piperazine rings is 1. The summed E-state index contributed by atoms with van der Waals surface area (Å²) in [6, 6.07) is -0.459. The van der Waals surface area contributed by atoms with E-state index in [1.807, 2.05) is 20.8 Å². The van der Waals surface area contributed by atoms with Gasteiger partial charge in [0, 0.05) is 6.54 Å². The van der Waals surface area contributed by atoms with E-state index in [2.05, 4.69) is 5.32 Å². The van der Waals surface area contributed by atoms with Gasteiger partial charge in [-0.15, -0.1) is 0 Å². The second-order valence-electron chi connectivity index (χ2n) is 6.29. The van der Waals surface area contributed by atoms with Crippen LogP contribution in [0.2, 0.25) is 0 Å². The molecule has 0 aromatic rings. The minimum absolute atomic E-state index is 0.0400. The van der Waals surface area contributed by atoms with Crippen molar-refractivity contribution < 1.29 is 14.0 Å². The van der Waals surface area contributed by atoms with Crippen molar-refractivity contribution in [2.24, 2.45) is 11.8 Å². The Hall–Kier alpha value is -1.13. The number of hydrogen-bond acceptors (Lipinski definition) is 2. The fourth-order valence-corrected chi connectivity index (χ4v) is 3.10. The zero-order valence-corrected chi connectivity index (χ0v) is 12.6. The zero-order chi connectivity index (χ0) is 14.9. The predicted octanol–water partition coefficient (Wildman–Crippen LogP) is 1.89. The molecule has 0 spiro atoms. The van der Waals surface area contributed by atoms with Gasteiger partial charge in [0.1, 0.15) is 11.6 Å². The highest BCUT2D eigenvalue weighted by atomic mass is 19.1. The van der Waals surface area contributed by atoms with E-state index in [0.717, 1.165) is 19.3 Å². The Kier molecular flexibility index (Phi) is 4.35. The summed E-state index contributed by atoms with van der Waals surface area (Å²) in [5.74, 6) is 0.220. The largest absolute Gasteiger partial charge is 0.342 e. The van der Waals surface area contributed by atoms with Crippen molar-refractivity contribution in [1.29, 1.82) is 0 Å². The molecule has 0 aromatic heterocycles. The quantitative estimate of drug-likeness (QED) is 0.809. The Morgan fingerprint density at radius 2 is 2.10 bits per heavy atom. The number of carbonyl (C=O) groups excluding carboxylic acids is 2. The van der Waals surface area contributed by atoms with Crippen LogP contribution in [0.3, 0.4) is 0 Å². The van der Waals surface area contributed by atoms with Crippen LogP contribution in [0.15, 0.2) is 0 Å². The van der Waals surface area contributed by atoms with E-state index < -0.39 is 18.3 Å². The van der Waals surface area contributed by atoms with E-state index in [0.29, 0.717) is 13.0 Å².